The Labute approximate surface area is 318 Å². The van der Waals surface area contributed by atoms with Gasteiger partial charge >= 0.3 is 16.4 Å². The normalized spacial score (nSPS) is 22.0. The van der Waals surface area contributed by atoms with Gasteiger partial charge in [-0.3, -0.25) is 9.35 Å². The fourth-order valence-electron chi connectivity index (χ4n) is 5.44. The van der Waals surface area contributed by atoms with Crippen molar-refractivity contribution in [3.05, 3.63) is 60.8 Å². The summed E-state index contributed by atoms with van der Waals surface area (Å²) in [4.78, 5) is 12.7. The number of unbranched alkanes of at least 4 members (excludes halogenated alkanes) is 9. The fourth-order valence-corrected chi connectivity index (χ4v) is 5.95. The number of hydrogen-bond acceptors (Lipinski definition) is 11. The first-order valence-electron chi connectivity index (χ1n) is 19.5. The van der Waals surface area contributed by atoms with Crippen molar-refractivity contribution >= 4 is 16.4 Å². The van der Waals surface area contributed by atoms with Crippen LogP contribution in [0.15, 0.2) is 60.8 Å². The first-order valence-corrected chi connectivity index (χ1v) is 20.9. The quantitative estimate of drug-likeness (QED) is 0.0238. The molecule has 1 aliphatic rings. The van der Waals surface area contributed by atoms with E-state index < -0.39 is 59.8 Å². The van der Waals surface area contributed by atoms with E-state index in [0.717, 1.165) is 57.8 Å². The van der Waals surface area contributed by atoms with Crippen molar-refractivity contribution in [3.8, 4) is 0 Å². The molecule has 0 aromatic heterocycles. The van der Waals surface area contributed by atoms with E-state index >= 15 is 0 Å². The molecule has 1 aliphatic heterocycles. The molecule has 12 nitrogen and oxygen atoms in total. The van der Waals surface area contributed by atoms with Crippen LogP contribution in [-0.2, 0) is 38.3 Å². The summed E-state index contributed by atoms with van der Waals surface area (Å²) in [7, 11) is -5.07. The zero-order valence-electron chi connectivity index (χ0n) is 32.0. The van der Waals surface area contributed by atoms with E-state index in [-0.39, 0.29) is 19.6 Å². The monoisotopic (exact) mass is 772 g/mol. The first-order chi connectivity index (χ1) is 25.6. The molecule has 1 heterocycles. The maximum absolute atomic E-state index is 12.7. The Kier molecular flexibility index (Phi) is 29.6. The Bertz CT molecular complexity index is 1170. The Hall–Kier alpha value is -2.20. The molecule has 0 radical (unpaired) electrons. The van der Waals surface area contributed by atoms with E-state index in [9.17, 15) is 28.5 Å². The molecular weight excluding hydrogens is 704 g/mol. The summed E-state index contributed by atoms with van der Waals surface area (Å²) in [6, 6.07) is 0. The molecule has 0 aliphatic carbocycles. The zero-order valence-corrected chi connectivity index (χ0v) is 32.9. The Balaban J connectivity index is 2.57. The molecule has 1 fully saturated rings. The predicted octanol–water partition coefficient (Wildman–Crippen LogP) is 7.01. The molecule has 0 saturated carbocycles. The molecule has 306 valence electrons. The topological polar surface area (TPSA) is 178 Å². The number of aliphatic hydroxyl groups excluding tert-OH is 3. The lowest BCUT2D eigenvalue weighted by molar-refractivity contribution is -0.301. The standard InChI is InChI=1S/C40H68O12S/c1-3-5-7-9-11-13-15-17-19-21-23-25-27-29-36(42)50-34(32-48-30-28-26-24-22-20-18-16-14-12-10-8-6-4-2)33-49-40-38(44)39(52-53(45,46)47)37(43)35(31-41)51-40/h5,7,11-14,17,19,23,25,34-35,37-41,43-44H,3-4,6,8-10,15-16,18,20-22,24,26-33H2,1-2H3,(H,45,46,47)/b7-5-,13-11-,14-12-,19-17-,25-23-. The Morgan fingerprint density at radius 2 is 1.30 bits per heavy atom. The number of esters is 1. The van der Waals surface area contributed by atoms with Gasteiger partial charge in [0.15, 0.2) is 6.29 Å². The molecule has 0 bridgehead atoms. The van der Waals surface area contributed by atoms with Crippen LogP contribution in [0.3, 0.4) is 0 Å². The van der Waals surface area contributed by atoms with Crippen molar-refractivity contribution in [1.29, 1.82) is 0 Å². The smallest absolute Gasteiger partial charge is 0.397 e. The Morgan fingerprint density at radius 3 is 1.91 bits per heavy atom. The zero-order chi connectivity index (χ0) is 39.0. The Morgan fingerprint density at radius 1 is 0.736 bits per heavy atom. The van der Waals surface area contributed by atoms with Crippen molar-refractivity contribution in [1.82, 2.24) is 0 Å². The van der Waals surface area contributed by atoms with Crippen molar-refractivity contribution in [2.75, 3.05) is 26.4 Å². The number of allylic oxidation sites excluding steroid dienone is 10. The van der Waals surface area contributed by atoms with Crippen molar-refractivity contribution in [3.63, 3.8) is 0 Å². The summed E-state index contributed by atoms with van der Waals surface area (Å²) in [5, 5.41) is 30.5. The summed E-state index contributed by atoms with van der Waals surface area (Å²) in [6.45, 7) is 3.71. The summed E-state index contributed by atoms with van der Waals surface area (Å²) in [6.07, 6.45) is 28.5. The van der Waals surface area contributed by atoms with E-state index in [2.05, 4.69) is 66.6 Å². The van der Waals surface area contributed by atoms with Crippen LogP contribution in [-0.4, -0.2) is 97.5 Å². The van der Waals surface area contributed by atoms with Crippen LogP contribution in [0.1, 0.15) is 123 Å². The molecular formula is C40H68O12S. The third kappa shape index (κ3) is 26.3. The number of hydrogen-bond donors (Lipinski definition) is 4. The number of ether oxygens (including phenoxy) is 4. The van der Waals surface area contributed by atoms with E-state index in [1.807, 2.05) is 12.2 Å². The third-order valence-corrected chi connectivity index (χ3v) is 8.85. The minimum Gasteiger partial charge on any atom is -0.457 e. The summed E-state index contributed by atoms with van der Waals surface area (Å²) < 4.78 is 58.7. The fraction of sp³-hybridized carbons (Fsp3) is 0.725. The van der Waals surface area contributed by atoms with Gasteiger partial charge in [-0.05, 0) is 64.2 Å². The highest BCUT2D eigenvalue weighted by Gasteiger charge is 2.48. The van der Waals surface area contributed by atoms with Crippen LogP contribution in [0.4, 0.5) is 0 Å². The van der Waals surface area contributed by atoms with Gasteiger partial charge in [-0.25, -0.2) is 4.18 Å². The second-order valence-electron chi connectivity index (χ2n) is 13.1. The average Bonchev–Trinajstić information content (AvgIpc) is 3.12. The lowest BCUT2D eigenvalue weighted by atomic mass is 9.99. The van der Waals surface area contributed by atoms with E-state index in [4.69, 9.17) is 23.5 Å². The first kappa shape index (κ1) is 48.8. The van der Waals surface area contributed by atoms with Gasteiger partial charge in [0.25, 0.3) is 0 Å². The molecule has 53 heavy (non-hydrogen) atoms. The van der Waals surface area contributed by atoms with Crippen LogP contribution >= 0.6 is 0 Å². The minimum absolute atomic E-state index is 0.000118. The van der Waals surface area contributed by atoms with Gasteiger partial charge in [0.05, 0.1) is 19.8 Å². The van der Waals surface area contributed by atoms with Gasteiger partial charge < -0.3 is 34.3 Å². The molecule has 0 spiro atoms. The second kappa shape index (κ2) is 32.1. The van der Waals surface area contributed by atoms with Crippen molar-refractivity contribution < 1.29 is 56.2 Å². The largest absolute Gasteiger partial charge is 0.457 e. The van der Waals surface area contributed by atoms with Crippen LogP contribution in [0.2, 0.25) is 0 Å². The molecule has 0 aromatic carbocycles. The van der Waals surface area contributed by atoms with Gasteiger partial charge in [-0.1, -0.05) is 113 Å². The minimum atomic E-state index is -5.07. The van der Waals surface area contributed by atoms with E-state index in [1.54, 1.807) is 0 Å². The third-order valence-electron chi connectivity index (χ3n) is 8.39. The number of rotatable bonds is 32. The molecule has 6 unspecified atom stereocenters. The highest BCUT2D eigenvalue weighted by atomic mass is 32.3. The summed E-state index contributed by atoms with van der Waals surface area (Å²) >= 11 is 0. The average molecular weight is 773 g/mol. The van der Waals surface area contributed by atoms with Gasteiger partial charge in [-0.2, -0.15) is 8.42 Å². The van der Waals surface area contributed by atoms with Gasteiger partial charge in [0.1, 0.15) is 30.5 Å². The molecule has 13 heteroatoms. The SMILES string of the molecule is CC/C=C\C/C=C\C/C=C\C/C=C\CCC(=O)OC(COCCCCCCCC/C=C\CCCCC)COC1OC(CO)C(O)C(OS(=O)(=O)O)C1O. The lowest BCUT2D eigenvalue weighted by Gasteiger charge is -2.41. The van der Waals surface area contributed by atoms with Crippen molar-refractivity contribution in [2.45, 2.75) is 160 Å². The number of carbonyl (C=O) groups is 1. The maximum atomic E-state index is 12.7. The van der Waals surface area contributed by atoms with Gasteiger partial charge in [0.2, 0.25) is 0 Å². The number of carbonyl (C=O) groups excluding carboxylic acids is 1. The molecule has 6 atom stereocenters. The van der Waals surface area contributed by atoms with Crippen LogP contribution in [0.25, 0.3) is 0 Å². The number of aliphatic hydroxyl groups is 3. The summed E-state index contributed by atoms with van der Waals surface area (Å²) in [5.41, 5.74) is 0. The predicted molar refractivity (Wildman–Crippen MR) is 206 cm³/mol. The maximum Gasteiger partial charge on any atom is 0.397 e. The molecule has 4 N–H and O–H groups in total. The van der Waals surface area contributed by atoms with E-state index in [1.165, 1.54) is 38.5 Å². The van der Waals surface area contributed by atoms with Crippen LogP contribution in [0.5, 0.6) is 0 Å². The lowest BCUT2D eigenvalue weighted by Crippen LogP contribution is -2.60. The van der Waals surface area contributed by atoms with Crippen LogP contribution in [0, 0.1) is 0 Å². The molecule has 0 amide bonds. The van der Waals surface area contributed by atoms with Gasteiger partial charge in [-0.15, -0.1) is 0 Å². The highest BCUT2D eigenvalue weighted by Crippen LogP contribution is 2.26. The summed E-state index contributed by atoms with van der Waals surface area (Å²) in [5.74, 6) is -0.484. The molecule has 1 saturated heterocycles. The van der Waals surface area contributed by atoms with Gasteiger partial charge in [0, 0.05) is 13.0 Å². The van der Waals surface area contributed by atoms with Crippen LogP contribution < -0.4 is 0 Å². The van der Waals surface area contributed by atoms with Crippen molar-refractivity contribution in [2.24, 2.45) is 0 Å². The highest BCUT2D eigenvalue weighted by molar-refractivity contribution is 7.80. The molecule has 1 rings (SSSR count). The molecule has 0 aromatic rings. The second-order valence-corrected chi connectivity index (χ2v) is 14.2. The van der Waals surface area contributed by atoms with E-state index in [0.29, 0.717) is 13.0 Å².